The standard InChI is InChI=1S/C17H27BrO5S.C2H6/c1-4-5-6-7-8-9-10-22-17-15(18)11-14(12-16(17)21-2)13-23-24(3,19)20;1-2/h11-12H,4-10,13H2,1-3H3;1-2H3. The molecule has 1 rings (SSSR count). The largest absolute Gasteiger partial charge is 0.493 e. The highest BCUT2D eigenvalue weighted by Crippen LogP contribution is 2.37. The predicted octanol–water partition coefficient (Wildman–Crippen LogP) is 5.70. The predicted molar refractivity (Wildman–Crippen MR) is 111 cm³/mol. The minimum atomic E-state index is -3.48. The summed E-state index contributed by atoms with van der Waals surface area (Å²) in [5, 5.41) is 0. The third kappa shape index (κ3) is 11.0. The molecule has 0 aliphatic rings. The summed E-state index contributed by atoms with van der Waals surface area (Å²) in [6, 6.07) is 3.51. The molecule has 0 amide bonds. The van der Waals surface area contributed by atoms with E-state index in [0.717, 1.165) is 23.6 Å². The lowest BCUT2D eigenvalue weighted by molar-refractivity contribution is 0.280. The zero-order valence-corrected chi connectivity index (χ0v) is 19.0. The van der Waals surface area contributed by atoms with E-state index in [1.165, 1.54) is 25.7 Å². The van der Waals surface area contributed by atoms with Gasteiger partial charge in [-0.3, -0.25) is 4.18 Å². The summed E-state index contributed by atoms with van der Waals surface area (Å²) < 4.78 is 38.9. The maximum atomic E-state index is 11.1. The van der Waals surface area contributed by atoms with Gasteiger partial charge in [-0.1, -0.05) is 52.9 Å². The first-order chi connectivity index (χ1) is 12.4. The molecule has 26 heavy (non-hydrogen) atoms. The van der Waals surface area contributed by atoms with Crippen LogP contribution in [0.3, 0.4) is 0 Å². The lowest BCUT2D eigenvalue weighted by Gasteiger charge is -2.14. The summed E-state index contributed by atoms with van der Waals surface area (Å²) in [5.74, 6) is 1.19. The minimum absolute atomic E-state index is 0.0362. The van der Waals surface area contributed by atoms with Gasteiger partial charge < -0.3 is 9.47 Å². The summed E-state index contributed by atoms with van der Waals surface area (Å²) >= 11 is 3.45. The molecule has 0 aliphatic carbocycles. The van der Waals surface area contributed by atoms with Crippen LogP contribution in [0, 0.1) is 0 Å². The number of ether oxygens (including phenoxy) is 2. The molecule has 152 valence electrons. The number of unbranched alkanes of at least 4 members (excludes halogenated alkanes) is 5. The van der Waals surface area contributed by atoms with Crippen LogP contribution in [0.2, 0.25) is 0 Å². The van der Waals surface area contributed by atoms with Crippen LogP contribution in [0.15, 0.2) is 16.6 Å². The number of benzene rings is 1. The van der Waals surface area contributed by atoms with Crippen LogP contribution < -0.4 is 9.47 Å². The Morgan fingerprint density at radius 3 is 2.23 bits per heavy atom. The van der Waals surface area contributed by atoms with Gasteiger partial charge in [0.1, 0.15) is 0 Å². The number of halogens is 1. The van der Waals surface area contributed by atoms with Gasteiger partial charge in [-0.05, 0) is 40.0 Å². The molecule has 0 aliphatic heterocycles. The summed E-state index contributed by atoms with van der Waals surface area (Å²) in [4.78, 5) is 0. The van der Waals surface area contributed by atoms with Crippen molar-refractivity contribution in [2.24, 2.45) is 0 Å². The van der Waals surface area contributed by atoms with E-state index in [9.17, 15) is 8.42 Å². The topological polar surface area (TPSA) is 61.8 Å². The SMILES string of the molecule is CC.CCCCCCCCOc1c(Br)cc(COS(C)(=O)=O)cc1OC. The van der Waals surface area contributed by atoms with Crippen molar-refractivity contribution >= 4 is 26.0 Å². The van der Waals surface area contributed by atoms with Gasteiger partial charge in [0.2, 0.25) is 0 Å². The van der Waals surface area contributed by atoms with Crippen LogP contribution in [-0.2, 0) is 20.9 Å². The molecule has 0 aromatic heterocycles. The van der Waals surface area contributed by atoms with E-state index in [1.54, 1.807) is 19.2 Å². The maximum absolute atomic E-state index is 11.1. The van der Waals surface area contributed by atoms with Crippen molar-refractivity contribution in [2.45, 2.75) is 65.9 Å². The average molecular weight is 453 g/mol. The molecule has 0 saturated heterocycles. The van der Waals surface area contributed by atoms with Crippen molar-refractivity contribution in [3.05, 3.63) is 22.2 Å². The summed E-state index contributed by atoms with van der Waals surface area (Å²) in [7, 11) is -1.92. The zero-order valence-electron chi connectivity index (χ0n) is 16.6. The lowest BCUT2D eigenvalue weighted by atomic mass is 10.1. The first kappa shape index (κ1) is 25.2. The van der Waals surface area contributed by atoms with Crippen molar-refractivity contribution in [2.75, 3.05) is 20.0 Å². The third-order valence-electron chi connectivity index (χ3n) is 3.47. The zero-order chi connectivity index (χ0) is 20.0. The van der Waals surface area contributed by atoms with E-state index in [1.807, 2.05) is 13.8 Å². The Bertz CT molecular complexity index is 602. The molecule has 5 nitrogen and oxygen atoms in total. The summed E-state index contributed by atoms with van der Waals surface area (Å²) in [6.07, 6.45) is 8.22. The van der Waals surface area contributed by atoms with Gasteiger partial charge in [0.15, 0.2) is 11.5 Å². The minimum Gasteiger partial charge on any atom is -0.493 e. The average Bonchev–Trinajstić information content (AvgIpc) is 2.61. The fourth-order valence-corrected chi connectivity index (χ4v) is 3.18. The fourth-order valence-electron chi connectivity index (χ4n) is 2.23. The van der Waals surface area contributed by atoms with Crippen molar-refractivity contribution in [3.63, 3.8) is 0 Å². The highest BCUT2D eigenvalue weighted by Gasteiger charge is 2.13. The van der Waals surface area contributed by atoms with Gasteiger partial charge in [-0.2, -0.15) is 8.42 Å². The van der Waals surface area contributed by atoms with Gasteiger partial charge in [-0.25, -0.2) is 0 Å². The van der Waals surface area contributed by atoms with E-state index < -0.39 is 10.1 Å². The van der Waals surface area contributed by atoms with Gasteiger partial charge in [-0.15, -0.1) is 0 Å². The molecular formula is C19H33BrO5S. The summed E-state index contributed by atoms with van der Waals surface area (Å²) in [6.45, 7) is 6.79. The Labute approximate surface area is 167 Å². The molecule has 0 bridgehead atoms. The number of rotatable bonds is 12. The molecule has 0 atom stereocenters. The second-order valence-corrected chi connectivity index (χ2v) is 8.19. The van der Waals surface area contributed by atoms with Crippen molar-refractivity contribution in [1.82, 2.24) is 0 Å². The van der Waals surface area contributed by atoms with E-state index in [0.29, 0.717) is 23.7 Å². The molecular weight excluding hydrogens is 420 g/mol. The van der Waals surface area contributed by atoms with Crippen LogP contribution in [-0.4, -0.2) is 28.4 Å². The molecule has 0 heterocycles. The normalized spacial score (nSPS) is 10.8. The van der Waals surface area contributed by atoms with Crippen LogP contribution in [0.5, 0.6) is 11.5 Å². The van der Waals surface area contributed by atoms with E-state index in [2.05, 4.69) is 22.9 Å². The summed E-state index contributed by atoms with van der Waals surface area (Å²) in [5.41, 5.74) is 0.691. The van der Waals surface area contributed by atoms with E-state index in [-0.39, 0.29) is 6.61 Å². The molecule has 0 spiro atoms. The highest BCUT2D eigenvalue weighted by atomic mass is 79.9. The van der Waals surface area contributed by atoms with Crippen LogP contribution in [0.25, 0.3) is 0 Å². The van der Waals surface area contributed by atoms with E-state index >= 15 is 0 Å². The Morgan fingerprint density at radius 2 is 1.65 bits per heavy atom. The molecule has 0 N–H and O–H groups in total. The molecule has 0 fully saturated rings. The third-order valence-corrected chi connectivity index (χ3v) is 4.61. The molecule has 1 aromatic rings. The highest BCUT2D eigenvalue weighted by molar-refractivity contribution is 9.10. The Kier molecular flexibility index (Phi) is 13.9. The molecule has 0 saturated carbocycles. The van der Waals surface area contributed by atoms with Crippen LogP contribution in [0.1, 0.15) is 64.9 Å². The van der Waals surface area contributed by atoms with Crippen molar-refractivity contribution in [3.8, 4) is 11.5 Å². The molecule has 1 aromatic carbocycles. The maximum Gasteiger partial charge on any atom is 0.264 e. The molecule has 0 unspecified atom stereocenters. The monoisotopic (exact) mass is 452 g/mol. The van der Waals surface area contributed by atoms with Crippen molar-refractivity contribution < 1.29 is 22.1 Å². The number of hydrogen-bond donors (Lipinski definition) is 0. The van der Waals surface area contributed by atoms with E-state index in [4.69, 9.17) is 13.7 Å². The fraction of sp³-hybridized carbons (Fsp3) is 0.684. The lowest BCUT2D eigenvalue weighted by Crippen LogP contribution is -2.04. The molecule has 7 heteroatoms. The first-order valence-corrected chi connectivity index (χ1v) is 11.8. The smallest absolute Gasteiger partial charge is 0.264 e. The Hall–Kier alpha value is -0.790. The Morgan fingerprint density at radius 1 is 1.04 bits per heavy atom. The van der Waals surface area contributed by atoms with Crippen LogP contribution >= 0.6 is 15.9 Å². The van der Waals surface area contributed by atoms with Gasteiger partial charge in [0.05, 0.1) is 31.1 Å². The quantitative estimate of drug-likeness (QED) is 0.300. The van der Waals surface area contributed by atoms with Crippen molar-refractivity contribution in [1.29, 1.82) is 0 Å². The first-order valence-electron chi connectivity index (χ1n) is 9.21. The van der Waals surface area contributed by atoms with Gasteiger partial charge in [0.25, 0.3) is 10.1 Å². The number of hydrogen-bond acceptors (Lipinski definition) is 5. The van der Waals surface area contributed by atoms with Gasteiger partial charge >= 0.3 is 0 Å². The number of methoxy groups -OCH3 is 1. The van der Waals surface area contributed by atoms with Gasteiger partial charge in [0, 0.05) is 0 Å². The molecule has 0 radical (unpaired) electrons. The Balaban J connectivity index is 0.00000301. The second-order valence-electron chi connectivity index (χ2n) is 5.69. The van der Waals surface area contributed by atoms with Crippen LogP contribution in [0.4, 0.5) is 0 Å². The second kappa shape index (κ2) is 14.3.